The van der Waals surface area contributed by atoms with Crippen LogP contribution in [0.25, 0.3) is 0 Å². The molecule has 0 unspecified atom stereocenters. The molecule has 0 bridgehead atoms. The largest absolute Gasteiger partial charge is 1.00 e. The molecule has 0 aromatic heterocycles. The smallest absolute Gasteiger partial charge is 0.759 e. The Labute approximate surface area is 106 Å². The molecule has 0 spiro atoms. The number of hydrogen-bond acceptors (Lipinski definition) is 6. The molecule has 0 saturated carbocycles. The van der Waals surface area contributed by atoms with Crippen LogP contribution >= 0.6 is 0 Å². The maximum Gasteiger partial charge on any atom is 1.00 e. The summed E-state index contributed by atoms with van der Waals surface area (Å²) in [6.07, 6.45) is 0. The van der Waals surface area contributed by atoms with Crippen molar-refractivity contribution in [3.63, 3.8) is 0 Å². The van der Waals surface area contributed by atoms with Crippen LogP contribution in [0.4, 0.5) is 0 Å². The van der Waals surface area contributed by atoms with Crippen LogP contribution in [0.1, 0.15) is 0 Å². The average molecular weight is 206 g/mol. The van der Waals surface area contributed by atoms with Crippen LogP contribution in [0, 0.1) is 0 Å². The Morgan fingerprint density at radius 1 is 1.00 bits per heavy atom. The van der Waals surface area contributed by atoms with Gasteiger partial charge in [0.05, 0.1) is 0 Å². The molecule has 0 rings (SSSR count). The Bertz CT molecular complexity index is 154. The molecule has 10 heavy (non-hydrogen) atoms. The van der Waals surface area contributed by atoms with Crippen LogP contribution in [0.3, 0.4) is 0 Å². The van der Waals surface area contributed by atoms with E-state index in [1.54, 1.807) is 0 Å². The topological polar surface area (TPSA) is 114 Å². The molecule has 10 heteroatoms. The van der Waals surface area contributed by atoms with Crippen molar-refractivity contribution >= 4 is 22.0 Å². The van der Waals surface area contributed by atoms with E-state index in [1.807, 2.05) is 0 Å². The van der Waals surface area contributed by atoms with Crippen LogP contribution in [-0.4, -0.2) is 25.9 Å². The van der Waals surface area contributed by atoms with Crippen molar-refractivity contribution in [3.05, 3.63) is 0 Å². The van der Waals surface area contributed by atoms with Gasteiger partial charge in [0, 0.05) is 10.4 Å². The van der Waals surface area contributed by atoms with E-state index in [2.05, 4.69) is 0 Å². The molecule has 0 aliphatic carbocycles. The van der Waals surface area contributed by atoms with Gasteiger partial charge in [-0.3, -0.25) is 8.42 Å². The molecule has 0 amide bonds. The summed E-state index contributed by atoms with van der Waals surface area (Å²) in [5.41, 5.74) is 0. The zero-order valence-corrected chi connectivity index (χ0v) is 10.9. The Kier molecular flexibility index (Phi) is 30.0. The van der Waals surface area contributed by atoms with Crippen LogP contribution < -0.4 is 59.1 Å². The summed E-state index contributed by atoms with van der Waals surface area (Å²) in [4.78, 5) is 0. The minimum atomic E-state index is -5.17. The van der Waals surface area contributed by atoms with E-state index in [0.29, 0.717) is 0 Å². The average Bonchev–Trinajstić information content (AvgIpc) is 1.27. The Morgan fingerprint density at radius 2 is 1.00 bits per heavy atom. The zero-order valence-electron chi connectivity index (χ0n) is 5.27. The molecule has 0 heterocycles. The van der Waals surface area contributed by atoms with Gasteiger partial charge in [-0.25, -0.2) is 0 Å². The van der Waals surface area contributed by atoms with Crippen LogP contribution in [0.15, 0.2) is 0 Å². The Hall–Kier alpha value is 1.69. The SMILES string of the molecule is O=S(=O)([O-])[O-].O=S=O.[Na+].[Na+]. The van der Waals surface area contributed by atoms with Crippen molar-refractivity contribution in [2.45, 2.75) is 0 Å². The van der Waals surface area contributed by atoms with Crippen molar-refractivity contribution < 1.29 is 85.1 Å². The third kappa shape index (κ3) is 256. The van der Waals surface area contributed by atoms with Gasteiger partial charge >= 0.3 is 70.7 Å². The molecular weight excluding hydrogens is 206 g/mol. The maximum absolute atomic E-state index is 8.52. The van der Waals surface area contributed by atoms with E-state index in [1.165, 1.54) is 0 Å². The van der Waals surface area contributed by atoms with Gasteiger partial charge in [-0.1, -0.05) is 0 Å². The van der Waals surface area contributed by atoms with E-state index in [-0.39, 0.29) is 59.1 Å². The molecular formula is Na2O6S2. The normalized spacial score (nSPS) is 7.00. The first-order valence-corrected chi connectivity index (χ1v) is 3.00. The predicted molar refractivity (Wildman–Crippen MR) is 19.4 cm³/mol. The van der Waals surface area contributed by atoms with Crippen molar-refractivity contribution in [2.24, 2.45) is 0 Å². The molecule has 0 N–H and O–H groups in total. The first kappa shape index (κ1) is 22.6. The summed E-state index contributed by atoms with van der Waals surface area (Å²) < 4.78 is 50.7. The first-order valence-electron chi connectivity index (χ1n) is 1.00. The van der Waals surface area contributed by atoms with Gasteiger partial charge < -0.3 is 9.11 Å². The summed E-state index contributed by atoms with van der Waals surface area (Å²) in [5, 5.41) is 0. The third-order valence-corrected chi connectivity index (χ3v) is 0. The molecule has 0 fully saturated rings. The second-order valence-electron chi connectivity index (χ2n) is 0.476. The summed E-state index contributed by atoms with van der Waals surface area (Å²) in [6.45, 7) is 0. The standard InChI is InChI=1S/2Na.H2O4S.O2S/c;;1-5(2,3)4;1-3-2/h;;(H2,1,2,3,4);/q2*+1;;/p-2. The van der Waals surface area contributed by atoms with Crippen molar-refractivity contribution in [2.75, 3.05) is 0 Å². The van der Waals surface area contributed by atoms with Crippen LogP contribution in [0.2, 0.25) is 0 Å². The number of hydrogen-bond donors (Lipinski definition) is 0. The second kappa shape index (κ2) is 13.3. The van der Waals surface area contributed by atoms with E-state index in [9.17, 15) is 0 Å². The molecule has 0 radical (unpaired) electrons. The molecule has 0 aliphatic rings. The zero-order chi connectivity index (χ0) is 7.21. The van der Waals surface area contributed by atoms with Gasteiger partial charge in [0.25, 0.3) is 0 Å². The molecule has 0 atom stereocenters. The molecule has 0 aromatic carbocycles. The Morgan fingerprint density at radius 3 is 1.00 bits per heavy atom. The molecule has 0 aromatic rings. The van der Waals surface area contributed by atoms with Crippen molar-refractivity contribution in [1.82, 2.24) is 0 Å². The minimum Gasteiger partial charge on any atom is -0.759 e. The van der Waals surface area contributed by atoms with Crippen molar-refractivity contribution in [1.29, 1.82) is 0 Å². The van der Waals surface area contributed by atoms with E-state index < -0.39 is 22.0 Å². The van der Waals surface area contributed by atoms with Crippen LogP contribution in [-0.2, 0) is 22.0 Å². The second-order valence-corrected chi connectivity index (χ2v) is 1.43. The monoisotopic (exact) mass is 206 g/mol. The molecule has 6 nitrogen and oxygen atoms in total. The third-order valence-electron chi connectivity index (χ3n) is 0. The number of rotatable bonds is 0. The fourth-order valence-corrected chi connectivity index (χ4v) is 0. The predicted octanol–water partition coefficient (Wildman–Crippen LogP) is -8.00. The van der Waals surface area contributed by atoms with Crippen molar-refractivity contribution in [3.8, 4) is 0 Å². The summed E-state index contributed by atoms with van der Waals surface area (Å²) >= 11 is -0.750. The van der Waals surface area contributed by atoms with Gasteiger partial charge in [0.2, 0.25) is 0 Å². The molecule has 50 valence electrons. The van der Waals surface area contributed by atoms with Gasteiger partial charge in [-0.05, 0) is 0 Å². The fraction of sp³-hybridized carbons (Fsp3) is 0. The quantitative estimate of drug-likeness (QED) is 0.221. The van der Waals surface area contributed by atoms with E-state index in [0.717, 1.165) is 0 Å². The minimum absolute atomic E-state index is 0. The summed E-state index contributed by atoms with van der Waals surface area (Å²) in [7, 11) is -5.17. The summed E-state index contributed by atoms with van der Waals surface area (Å²) in [5.74, 6) is 0. The fourth-order valence-electron chi connectivity index (χ4n) is 0. The van der Waals surface area contributed by atoms with Gasteiger partial charge in [-0.2, -0.15) is 8.42 Å². The van der Waals surface area contributed by atoms with E-state index in [4.69, 9.17) is 25.9 Å². The van der Waals surface area contributed by atoms with Gasteiger partial charge in [0.1, 0.15) is 0 Å². The molecule has 0 saturated heterocycles. The van der Waals surface area contributed by atoms with E-state index >= 15 is 0 Å². The molecule has 0 aliphatic heterocycles. The summed E-state index contributed by atoms with van der Waals surface area (Å²) in [6, 6.07) is 0. The maximum atomic E-state index is 8.52. The Balaban J connectivity index is -0.0000000326. The first-order chi connectivity index (χ1) is 3.41. The van der Waals surface area contributed by atoms with Crippen LogP contribution in [0.5, 0.6) is 0 Å². The van der Waals surface area contributed by atoms with Gasteiger partial charge in [-0.15, -0.1) is 0 Å². The van der Waals surface area contributed by atoms with Gasteiger partial charge in [0.15, 0.2) is 0 Å².